The highest BCUT2D eigenvalue weighted by Gasteiger charge is 2.11. The summed E-state index contributed by atoms with van der Waals surface area (Å²) in [5, 5.41) is 14.7. The fourth-order valence-electron chi connectivity index (χ4n) is 1.20. The lowest BCUT2D eigenvalue weighted by atomic mass is 10.6. The molecular formula is C9H11N5O2S2. The summed E-state index contributed by atoms with van der Waals surface area (Å²) in [4.78, 5) is 15.5. The van der Waals surface area contributed by atoms with E-state index in [0.29, 0.717) is 10.9 Å². The molecule has 2 aromatic heterocycles. The summed E-state index contributed by atoms with van der Waals surface area (Å²) in [5.41, 5.74) is 0.982. The van der Waals surface area contributed by atoms with Crippen LogP contribution in [0.4, 0.5) is 0 Å². The van der Waals surface area contributed by atoms with Gasteiger partial charge in [0.05, 0.1) is 17.8 Å². The number of thiazole rings is 1. The van der Waals surface area contributed by atoms with Crippen LogP contribution in [0.2, 0.25) is 0 Å². The van der Waals surface area contributed by atoms with Gasteiger partial charge in [0.15, 0.2) is 0 Å². The van der Waals surface area contributed by atoms with Crippen LogP contribution in [-0.2, 0) is 21.8 Å². The highest BCUT2D eigenvalue weighted by atomic mass is 32.2. The number of aromatic nitrogens is 5. The lowest BCUT2D eigenvalue weighted by Crippen LogP contribution is -2.13. The van der Waals surface area contributed by atoms with Crippen molar-refractivity contribution in [2.75, 3.05) is 7.11 Å². The third-order valence-electron chi connectivity index (χ3n) is 2.02. The lowest BCUT2D eigenvalue weighted by Gasteiger charge is -2.01. The summed E-state index contributed by atoms with van der Waals surface area (Å²) < 4.78 is 5.98. The highest BCUT2D eigenvalue weighted by Crippen LogP contribution is 2.20. The van der Waals surface area contributed by atoms with Gasteiger partial charge < -0.3 is 4.74 Å². The molecule has 0 atom stereocenters. The van der Waals surface area contributed by atoms with Gasteiger partial charge in [-0.1, -0.05) is 11.8 Å². The molecule has 0 saturated carbocycles. The van der Waals surface area contributed by atoms with Crippen LogP contribution < -0.4 is 0 Å². The van der Waals surface area contributed by atoms with Crippen molar-refractivity contribution in [3.63, 3.8) is 0 Å². The Balaban J connectivity index is 1.97. The second kappa shape index (κ2) is 5.91. The van der Waals surface area contributed by atoms with Gasteiger partial charge in [0.1, 0.15) is 6.54 Å². The van der Waals surface area contributed by atoms with Crippen molar-refractivity contribution in [2.45, 2.75) is 24.4 Å². The van der Waals surface area contributed by atoms with E-state index in [1.807, 2.05) is 12.3 Å². The number of nitrogens with zero attached hydrogens (tertiary/aromatic N) is 5. The SMILES string of the molecule is COC(=O)Cn1nnnc1SCc1csc(C)n1. The number of aryl methyl sites for hydroxylation is 1. The van der Waals surface area contributed by atoms with Gasteiger partial charge in [0, 0.05) is 11.1 Å². The molecule has 18 heavy (non-hydrogen) atoms. The smallest absolute Gasteiger partial charge is 0.327 e. The maximum atomic E-state index is 11.2. The minimum Gasteiger partial charge on any atom is -0.468 e. The predicted octanol–water partition coefficient (Wildman–Crippen LogP) is 0.903. The second-order valence-corrected chi connectivity index (χ2v) is 5.35. The van der Waals surface area contributed by atoms with E-state index in [2.05, 4.69) is 25.2 Å². The van der Waals surface area contributed by atoms with Crippen molar-refractivity contribution >= 4 is 29.1 Å². The van der Waals surface area contributed by atoms with Crippen LogP contribution in [-0.4, -0.2) is 38.3 Å². The molecule has 0 aliphatic heterocycles. The molecule has 9 heteroatoms. The fourth-order valence-corrected chi connectivity index (χ4v) is 2.69. The first-order valence-corrected chi connectivity index (χ1v) is 6.92. The molecule has 0 fully saturated rings. The van der Waals surface area contributed by atoms with Gasteiger partial charge in [-0.3, -0.25) is 4.79 Å². The van der Waals surface area contributed by atoms with E-state index in [4.69, 9.17) is 0 Å². The first-order valence-electron chi connectivity index (χ1n) is 5.06. The van der Waals surface area contributed by atoms with Gasteiger partial charge in [0.25, 0.3) is 0 Å². The number of carbonyl (C=O) groups excluding carboxylic acids is 1. The molecule has 2 rings (SSSR count). The molecule has 2 aromatic rings. The maximum Gasteiger partial charge on any atom is 0.327 e. The van der Waals surface area contributed by atoms with Crippen LogP contribution in [0.25, 0.3) is 0 Å². The van der Waals surface area contributed by atoms with Gasteiger partial charge in [-0.2, -0.15) is 0 Å². The van der Waals surface area contributed by atoms with Gasteiger partial charge in [-0.25, -0.2) is 9.67 Å². The van der Waals surface area contributed by atoms with Gasteiger partial charge in [-0.15, -0.1) is 16.4 Å². The quantitative estimate of drug-likeness (QED) is 0.596. The average molecular weight is 285 g/mol. The summed E-state index contributed by atoms with van der Waals surface area (Å²) in [7, 11) is 1.33. The molecule has 0 radical (unpaired) electrons. The Morgan fingerprint density at radius 1 is 1.61 bits per heavy atom. The first kappa shape index (κ1) is 13.0. The summed E-state index contributed by atoms with van der Waals surface area (Å²) in [6.45, 7) is 1.97. The van der Waals surface area contributed by atoms with Crippen LogP contribution in [0, 0.1) is 6.92 Å². The summed E-state index contributed by atoms with van der Waals surface area (Å²) in [6.07, 6.45) is 0. The average Bonchev–Trinajstić information content (AvgIpc) is 2.96. The van der Waals surface area contributed by atoms with E-state index in [-0.39, 0.29) is 12.5 Å². The topological polar surface area (TPSA) is 82.8 Å². The van der Waals surface area contributed by atoms with E-state index in [9.17, 15) is 4.79 Å². The minimum absolute atomic E-state index is 0.0158. The van der Waals surface area contributed by atoms with E-state index < -0.39 is 0 Å². The number of tetrazole rings is 1. The monoisotopic (exact) mass is 285 g/mol. The number of thioether (sulfide) groups is 1. The zero-order chi connectivity index (χ0) is 13.0. The van der Waals surface area contributed by atoms with Crippen LogP contribution in [0.5, 0.6) is 0 Å². The lowest BCUT2D eigenvalue weighted by molar-refractivity contribution is -0.141. The molecule has 0 spiro atoms. The Morgan fingerprint density at radius 2 is 2.44 bits per heavy atom. The molecule has 0 aliphatic carbocycles. The van der Waals surface area contributed by atoms with E-state index in [1.54, 1.807) is 11.3 Å². The largest absolute Gasteiger partial charge is 0.468 e. The molecule has 0 bridgehead atoms. The molecule has 0 saturated heterocycles. The molecule has 0 unspecified atom stereocenters. The molecule has 0 aliphatic rings. The fraction of sp³-hybridized carbons (Fsp3) is 0.444. The van der Waals surface area contributed by atoms with Crippen LogP contribution in [0.1, 0.15) is 10.7 Å². The van der Waals surface area contributed by atoms with Crippen LogP contribution in [0.3, 0.4) is 0 Å². The molecule has 96 valence electrons. The van der Waals surface area contributed by atoms with Crippen LogP contribution >= 0.6 is 23.1 Å². The Bertz CT molecular complexity index is 539. The first-order chi connectivity index (χ1) is 8.69. The normalized spacial score (nSPS) is 10.6. The van der Waals surface area contributed by atoms with Crippen LogP contribution in [0.15, 0.2) is 10.5 Å². The Kier molecular flexibility index (Phi) is 4.26. The molecule has 0 aromatic carbocycles. The molecular weight excluding hydrogens is 274 g/mol. The van der Waals surface area contributed by atoms with Crippen molar-refractivity contribution in [1.29, 1.82) is 0 Å². The van der Waals surface area contributed by atoms with Crippen molar-refractivity contribution in [1.82, 2.24) is 25.2 Å². The zero-order valence-electron chi connectivity index (χ0n) is 9.86. The number of methoxy groups -OCH3 is 1. The summed E-state index contributed by atoms with van der Waals surface area (Å²) in [5.74, 6) is 0.292. The number of hydrogen-bond acceptors (Lipinski definition) is 8. The maximum absolute atomic E-state index is 11.2. The molecule has 7 nitrogen and oxygen atoms in total. The summed E-state index contributed by atoms with van der Waals surface area (Å²) in [6, 6.07) is 0. The second-order valence-electron chi connectivity index (χ2n) is 3.34. The van der Waals surface area contributed by atoms with E-state index in [0.717, 1.165) is 10.7 Å². The standard InChI is InChI=1S/C9H11N5O2S2/c1-6-10-7(4-17-6)5-18-9-11-12-13-14(9)3-8(15)16-2/h4H,3,5H2,1-2H3. The Morgan fingerprint density at radius 3 is 3.11 bits per heavy atom. The zero-order valence-corrected chi connectivity index (χ0v) is 11.5. The Hall–Kier alpha value is -1.48. The molecule has 0 amide bonds. The molecule has 2 heterocycles. The third kappa shape index (κ3) is 3.26. The van der Waals surface area contributed by atoms with Crippen molar-refractivity contribution in [3.05, 3.63) is 16.1 Å². The number of esters is 1. The van der Waals surface area contributed by atoms with Crippen molar-refractivity contribution in [3.8, 4) is 0 Å². The minimum atomic E-state index is -0.381. The van der Waals surface area contributed by atoms with Crippen molar-refractivity contribution < 1.29 is 9.53 Å². The van der Waals surface area contributed by atoms with Crippen molar-refractivity contribution in [2.24, 2.45) is 0 Å². The van der Waals surface area contributed by atoms with Gasteiger partial charge in [0.2, 0.25) is 5.16 Å². The van der Waals surface area contributed by atoms with E-state index in [1.165, 1.54) is 23.6 Å². The summed E-state index contributed by atoms with van der Waals surface area (Å²) >= 11 is 3.04. The number of ether oxygens (including phenoxy) is 1. The number of hydrogen-bond donors (Lipinski definition) is 0. The predicted molar refractivity (Wildman–Crippen MR) is 66.2 cm³/mol. The third-order valence-corrected chi connectivity index (χ3v) is 3.83. The number of carbonyl (C=O) groups is 1. The Labute approximate surface area is 112 Å². The number of rotatable bonds is 5. The molecule has 0 N–H and O–H groups in total. The van der Waals surface area contributed by atoms with Gasteiger partial charge >= 0.3 is 5.97 Å². The van der Waals surface area contributed by atoms with Gasteiger partial charge in [-0.05, 0) is 17.4 Å². The van der Waals surface area contributed by atoms with E-state index >= 15 is 0 Å². The highest BCUT2D eigenvalue weighted by molar-refractivity contribution is 7.98.